The Morgan fingerprint density at radius 1 is 1.00 bits per heavy atom. The van der Waals surface area contributed by atoms with Crippen molar-refractivity contribution in [2.45, 2.75) is 6.10 Å². The van der Waals surface area contributed by atoms with Crippen LogP contribution in [0, 0.1) is 0 Å². The van der Waals surface area contributed by atoms with E-state index < -0.39 is 12.0 Å². The Morgan fingerprint density at radius 2 is 1.74 bits per heavy atom. The van der Waals surface area contributed by atoms with Crippen molar-refractivity contribution in [3.63, 3.8) is 0 Å². The number of halogens is 1. The molecule has 7 heteroatoms. The number of nitrogens with zero attached hydrogens (tertiary/aromatic N) is 1. The summed E-state index contributed by atoms with van der Waals surface area (Å²) in [4.78, 5) is 12.4. The van der Waals surface area contributed by atoms with Crippen LogP contribution < -0.4 is 14.9 Å². The summed E-state index contributed by atoms with van der Waals surface area (Å²) in [7, 11) is 0. The first-order valence-corrected chi connectivity index (χ1v) is 10.0. The highest BCUT2D eigenvalue weighted by Gasteiger charge is 2.27. The molecule has 154 valence electrons. The van der Waals surface area contributed by atoms with Crippen LogP contribution in [0.1, 0.15) is 5.76 Å². The smallest absolute Gasteiger partial charge is 0.284 e. The van der Waals surface area contributed by atoms with Gasteiger partial charge in [-0.05, 0) is 59.3 Å². The van der Waals surface area contributed by atoms with Crippen molar-refractivity contribution >= 4 is 34.5 Å². The minimum Gasteiger partial charge on any atom is -0.485 e. The van der Waals surface area contributed by atoms with E-state index in [2.05, 4.69) is 10.5 Å². The summed E-state index contributed by atoms with van der Waals surface area (Å²) < 4.78 is 17.3. The molecule has 0 spiro atoms. The van der Waals surface area contributed by atoms with Crippen molar-refractivity contribution in [2.24, 2.45) is 5.10 Å². The topological polar surface area (TPSA) is 73.1 Å². The molecule has 6 nitrogen and oxygen atoms in total. The van der Waals surface area contributed by atoms with Crippen molar-refractivity contribution in [1.82, 2.24) is 5.43 Å². The number of hydrogen-bond donors (Lipinski definition) is 1. The van der Waals surface area contributed by atoms with E-state index in [4.69, 9.17) is 25.5 Å². The van der Waals surface area contributed by atoms with Gasteiger partial charge in [-0.15, -0.1) is 0 Å². The molecule has 1 aromatic heterocycles. The van der Waals surface area contributed by atoms with E-state index >= 15 is 0 Å². The fourth-order valence-corrected chi connectivity index (χ4v) is 3.43. The number of ether oxygens (including phenoxy) is 2. The Kier molecular flexibility index (Phi) is 5.06. The summed E-state index contributed by atoms with van der Waals surface area (Å²) in [6.45, 7) is 0.105. The quantitative estimate of drug-likeness (QED) is 0.362. The highest BCUT2D eigenvalue weighted by atomic mass is 35.5. The molecule has 0 aliphatic carbocycles. The Balaban J connectivity index is 1.22. The number of carbonyl (C=O) groups excluding carboxylic acids is 1. The molecule has 0 fully saturated rings. The number of amides is 1. The highest BCUT2D eigenvalue weighted by Crippen LogP contribution is 2.35. The standard InChI is InChI=1S/C24H17ClN2O4/c25-18-7-5-15(6-8-18)20-10-9-19(30-20)13-26-27-24(28)23-14-29-21-11-16-3-1-2-4-17(16)12-22(21)31-23/h1-13,23H,14H2,(H,27,28)/b26-13+/t23-/m1/s1. The summed E-state index contributed by atoms with van der Waals surface area (Å²) in [5.74, 6) is 1.93. The van der Waals surface area contributed by atoms with E-state index in [1.165, 1.54) is 6.21 Å². The second kappa shape index (κ2) is 8.16. The molecule has 1 aliphatic rings. The maximum absolute atomic E-state index is 12.4. The van der Waals surface area contributed by atoms with E-state index in [1.807, 2.05) is 54.6 Å². The van der Waals surface area contributed by atoms with Crippen LogP contribution in [0.2, 0.25) is 5.02 Å². The van der Waals surface area contributed by atoms with Gasteiger partial charge in [0.1, 0.15) is 18.1 Å². The summed E-state index contributed by atoms with van der Waals surface area (Å²) in [5.41, 5.74) is 3.37. The molecule has 0 saturated carbocycles. The predicted molar refractivity (Wildman–Crippen MR) is 119 cm³/mol. The second-order valence-electron chi connectivity index (χ2n) is 7.01. The van der Waals surface area contributed by atoms with Gasteiger partial charge in [-0.2, -0.15) is 5.10 Å². The molecule has 2 heterocycles. The van der Waals surface area contributed by atoms with Gasteiger partial charge in [0.05, 0.1) is 6.21 Å². The normalized spacial score (nSPS) is 15.3. The summed E-state index contributed by atoms with van der Waals surface area (Å²) in [6.07, 6.45) is 0.634. The average molecular weight is 433 g/mol. The van der Waals surface area contributed by atoms with Crippen LogP contribution >= 0.6 is 11.6 Å². The fourth-order valence-electron chi connectivity index (χ4n) is 3.31. The molecule has 31 heavy (non-hydrogen) atoms. The maximum atomic E-state index is 12.4. The predicted octanol–water partition coefficient (Wildman–Crippen LogP) is 5.04. The molecule has 0 radical (unpaired) electrons. The number of nitrogens with one attached hydrogen (secondary N) is 1. The number of hydrogen-bond acceptors (Lipinski definition) is 5. The van der Waals surface area contributed by atoms with Gasteiger partial charge in [0.2, 0.25) is 6.10 Å². The molecule has 4 aromatic rings. The van der Waals surface area contributed by atoms with E-state index in [-0.39, 0.29) is 6.61 Å². The van der Waals surface area contributed by atoms with Crippen molar-refractivity contribution in [1.29, 1.82) is 0 Å². The van der Waals surface area contributed by atoms with Gasteiger partial charge in [0.15, 0.2) is 11.5 Å². The van der Waals surface area contributed by atoms with Crippen LogP contribution in [-0.2, 0) is 4.79 Å². The van der Waals surface area contributed by atoms with Crippen LogP contribution in [0.5, 0.6) is 11.5 Å². The lowest BCUT2D eigenvalue weighted by molar-refractivity contribution is -0.130. The largest absolute Gasteiger partial charge is 0.485 e. The molecule has 1 aliphatic heterocycles. The Hall–Kier alpha value is -3.77. The van der Waals surface area contributed by atoms with Gasteiger partial charge in [-0.25, -0.2) is 5.43 Å². The highest BCUT2D eigenvalue weighted by molar-refractivity contribution is 6.30. The Morgan fingerprint density at radius 3 is 2.52 bits per heavy atom. The lowest BCUT2D eigenvalue weighted by Crippen LogP contribution is -2.42. The molecule has 0 saturated heterocycles. The fraction of sp³-hybridized carbons (Fsp3) is 0.0833. The maximum Gasteiger partial charge on any atom is 0.284 e. The monoisotopic (exact) mass is 432 g/mol. The van der Waals surface area contributed by atoms with Gasteiger partial charge in [0, 0.05) is 10.6 Å². The molecule has 1 N–H and O–H groups in total. The zero-order valence-corrected chi connectivity index (χ0v) is 17.0. The minimum atomic E-state index is -0.799. The van der Waals surface area contributed by atoms with Crippen molar-refractivity contribution in [3.05, 3.63) is 83.6 Å². The van der Waals surface area contributed by atoms with Gasteiger partial charge >= 0.3 is 0 Å². The zero-order valence-electron chi connectivity index (χ0n) is 16.2. The van der Waals surface area contributed by atoms with Crippen LogP contribution in [0.3, 0.4) is 0 Å². The first-order valence-electron chi connectivity index (χ1n) is 9.67. The van der Waals surface area contributed by atoms with Gasteiger partial charge in [0.25, 0.3) is 5.91 Å². The lowest BCUT2D eigenvalue weighted by atomic mass is 10.1. The zero-order chi connectivity index (χ0) is 21.2. The van der Waals surface area contributed by atoms with Crippen molar-refractivity contribution < 1.29 is 18.7 Å². The number of rotatable bonds is 4. The molecule has 3 aromatic carbocycles. The molecule has 1 amide bonds. The average Bonchev–Trinajstić information content (AvgIpc) is 3.26. The third-order valence-electron chi connectivity index (χ3n) is 4.89. The SMILES string of the molecule is O=C(N/N=C/c1ccc(-c2ccc(Cl)cc2)o1)[C@H]1COc2cc3ccccc3cc2O1. The summed E-state index contributed by atoms with van der Waals surface area (Å²) in [5, 5.41) is 6.69. The molecule has 1 atom stereocenters. The number of hydrazone groups is 1. The van der Waals surface area contributed by atoms with Crippen molar-refractivity contribution in [2.75, 3.05) is 6.61 Å². The van der Waals surface area contributed by atoms with Crippen LogP contribution in [0.25, 0.3) is 22.1 Å². The number of carbonyl (C=O) groups is 1. The summed E-state index contributed by atoms with van der Waals surface area (Å²) >= 11 is 5.91. The third-order valence-corrected chi connectivity index (χ3v) is 5.14. The Labute approximate surface area is 183 Å². The second-order valence-corrected chi connectivity index (χ2v) is 7.44. The van der Waals surface area contributed by atoms with E-state index in [9.17, 15) is 4.79 Å². The molecule has 0 bridgehead atoms. The number of furan rings is 1. The first-order chi connectivity index (χ1) is 15.2. The summed E-state index contributed by atoms with van der Waals surface area (Å²) in [6, 6.07) is 22.6. The number of benzene rings is 3. The van der Waals surface area contributed by atoms with Crippen LogP contribution in [-0.4, -0.2) is 24.8 Å². The lowest BCUT2D eigenvalue weighted by Gasteiger charge is -2.25. The van der Waals surface area contributed by atoms with Gasteiger partial charge < -0.3 is 13.9 Å². The molecular formula is C24H17ClN2O4. The Bertz CT molecular complexity index is 1280. The van der Waals surface area contributed by atoms with Crippen molar-refractivity contribution in [3.8, 4) is 22.8 Å². The third kappa shape index (κ3) is 4.11. The van der Waals surface area contributed by atoms with Gasteiger partial charge in [-0.1, -0.05) is 35.9 Å². The first kappa shape index (κ1) is 19.2. The van der Waals surface area contributed by atoms with E-state index in [1.54, 1.807) is 18.2 Å². The van der Waals surface area contributed by atoms with Gasteiger partial charge in [-0.3, -0.25) is 4.79 Å². The molecule has 5 rings (SSSR count). The number of fused-ring (bicyclic) bond motifs is 2. The van der Waals surface area contributed by atoms with E-state index in [0.717, 1.165) is 16.3 Å². The minimum absolute atomic E-state index is 0.105. The molecule has 0 unspecified atom stereocenters. The van der Waals surface area contributed by atoms with Crippen LogP contribution in [0.4, 0.5) is 0 Å². The molecular weight excluding hydrogens is 416 g/mol. The van der Waals surface area contributed by atoms with Crippen LogP contribution in [0.15, 0.2) is 82.3 Å². The van der Waals surface area contributed by atoms with E-state index in [0.29, 0.717) is 28.0 Å².